The summed E-state index contributed by atoms with van der Waals surface area (Å²) in [6.07, 6.45) is 6.13. The molecular weight excluding hydrogens is 188 g/mol. The fourth-order valence-electron chi connectivity index (χ4n) is 1.45. The summed E-state index contributed by atoms with van der Waals surface area (Å²) >= 11 is 5.55. The lowest BCUT2D eigenvalue weighted by molar-refractivity contribution is -0.0409. The average molecular weight is 207 g/mol. The van der Waals surface area contributed by atoms with Crippen molar-refractivity contribution in [3.8, 4) is 0 Å². The summed E-state index contributed by atoms with van der Waals surface area (Å²) in [6.45, 7) is 2.50. The molecule has 2 nitrogen and oxygen atoms in total. The molecule has 0 aliphatic carbocycles. The fraction of sp³-hybridized carbons (Fsp3) is 1.00. The quantitative estimate of drug-likeness (QED) is 0.491. The normalized spacial score (nSPS) is 23.3. The van der Waals surface area contributed by atoms with Crippen molar-refractivity contribution in [1.82, 2.24) is 0 Å². The summed E-state index contributed by atoms with van der Waals surface area (Å²) in [5.74, 6) is 0.739. The van der Waals surface area contributed by atoms with Crippen LogP contribution in [0.1, 0.15) is 32.1 Å². The minimum Gasteiger partial charge on any atom is -0.379 e. The van der Waals surface area contributed by atoms with Crippen molar-refractivity contribution < 1.29 is 9.47 Å². The van der Waals surface area contributed by atoms with Crippen LogP contribution in [0.5, 0.6) is 0 Å². The van der Waals surface area contributed by atoms with Gasteiger partial charge in [-0.25, -0.2) is 0 Å². The Morgan fingerprint density at radius 3 is 2.92 bits per heavy atom. The lowest BCUT2D eigenvalue weighted by Gasteiger charge is -2.22. The molecule has 3 heteroatoms. The molecule has 0 aromatic heterocycles. The van der Waals surface area contributed by atoms with E-state index in [4.69, 9.17) is 21.1 Å². The summed E-state index contributed by atoms with van der Waals surface area (Å²) in [5, 5.41) is 0. The van der Waals surface area contributed by atoms with Crippen LogP contribution in [-0.2, 0) is 9.47 Å². The van der Waals surface area contributed by atoms with Crippen LogP contribution in [0, 0.1) is 0 Å². The summed E-state index contributed by atoms with van der Waals surface area (Å²) in [7, 11) is 0. The molecule has 0 radical (unpaired) electrons. The number of hydrogen-bond acceptors (Lipinski definition) is 2. The summed E-state index contributed by atoms with van der Waals surface area (Å²) in [5.41, 5.74) is 0. The molecule has 1 heterocycles. The molecule has 1 aliphatic rings. The number of ether oxygens (including phenoxy) is 2. The van der Waals surface area contributed by atoms with Crippen LogP contribution < -0.4 is 0 Å². The number of unbranched alkanes of at least 4 members (excludes halogenated alkanes) is 1. The van der Waals surface area contributed by atoms with Crippen LogP contribution in [0.2, 0.25) is 0 Å². The Bertz CT molecular complexity index is 113. The van der Waals surface area contributed by atoms with Crippen LogP contribution in [-0.4, -0.2) is 31.8 Å². The smallest absolute Gasteiger partial charge is 0.0808 e. The largest absolute Gasteiger partial charge is 0.379 e. The van der Waals surface area contributed by atoms with E-state index in [9.17, 15) is 0 Å². The molecule has 0 saturated carbocycles. The first-order valence-corrected chi connectivity index (χ1v) is 5.72. The fourth-order valence-corrected chi connectivity index (χ4v) is 1.64. The molecule has 1 fully saturated rings. The van der Waals surface area contributed by atoms with Gasteiger partial charge in [0.2, 0.25) is 0 Å². The van der Waals surface area contributed by atoms with Crippen molar-refractivity contribution in [3.63, 3.8) is 0 Å². The maximum absolute atomic E-state index is 5.55. The van der Waals surface area contributed by atoms with Gasteiger partial charge >= 0.3 is 0 Å². The molecule has 0 spiro atoms. The molecule has 0 aromatic rings. The molecule has 1 rings (SSSR count). The van der Waals surface area contributed by atoms with E-state index in [0.29, 0.717) is 6.10 Å². The third-order valence-corrected chi connectivity index (χ3v) is 2.52. The van der Waals surface area contributed by atoms with Gasteiger partial charge in [-0.15, -0.1) is 11.6 Å². The molecule has 0 N–H and O–H groups in total. The standard InChI is InChI=1S/C10H19ClO2/c11-6-2-4-7-12-9-10-5-1-3-8-13-10/h10H,1-9H2. The second kappa shape index (κ2) is 7.60. The first-order chi connectivity index (χ1) is 6.43. The zero-order chi connectivity index (χ0) is 9.36. The van der Waals surface area contributed by atoms with Gasteiger partial charge < -0.3 is 9.47 Å². The number of rotatable bonds is 6. The maximum atomic E-state index is 5.55. The Hall–Kier alpha value is 0.210. The van der Waals surface area contributed by atoms with Crippen molar-refractivity contribution in [3.05, 3.63) is 0 Å². The van der Waals surface area contributed by atoms with Crippen LogP contribution in [0.3, 0.4) is 0 Å². The van der Waals surface area contributed by atoms with Crippen molar-refractivity contribution >= 4 is 11.6 Å². The lowest BCUT2D eigenvalue weighted by Crippen LogP contribution is -2.24. The summed E-state index contributed by atoms with van der Waals surface area (Å²) in [4.78, 5) is 0. The van der Waals surface area contributed by atoms with E-state index in [0.717, 1.165) is 45.0 Å². The van der Waals surface area contributed by atoms with Crippen molar-refractivity contribution in [2.24, 2.45) is 0 Å². The van der Waals surface area contributed by atoms with Crippen LogP contribution in [0.4, 0.5) is 0 Å². The Labute approximate surface area is 85.5 Å². The zero-order valence-corrected chi connectivity index (χ0v) is 8.89. The van der Waals surface area contributed by atoms with E-state index in [1.165, 1.54) is 12.8 Å². The van der Waals surface area contributed by atoms with E-state index in [1.807, 2.05) is 0 Å². The molecule has 1 unspecified atom stereocenters. The molecule has 1 atom stereocenters. The predicted octanol–water partition coefficient (Wildman–Crippen LogP) is 2.59. The molecule has 1 saturated heterocycles. The predicted molar refractivity (Wildman–Crippen MR) is 54.4 cm³/mol. The Balaban J connectivity index is 1.86. The van der Waals surface area contributed by atoms with Crippen LogP contribution in [0.15, 0.2) is 0 Å². The highest BCUT2D eigenvalue weighted by atomic mass is 35.5. The second-order valence-corrected chi connectivity index (χ2v) is 3.84. The molecule has 13 heavy (non-hydrogen) atoms. The first-order valence-electron chi connectivity index (χ1n) is 5.19. The second-order valence-electron chi connectivity index (χ2n) is 3.46. The van der Waals surface area contributed by atoms with Gasteiger partial charge in [-0.1, -0.05) is 0 Å². The maximum Gasteiger partial charge on any atom is 0.0808 e. The lowest BCUT2D eigenvalue weighted by atomic mass is 10.1. The van der Waals surface area contributed by atoms with Gasteiger partial charge in [0.1, 0.15) is 0 Å². The SMILES string of the molecule is ClCCCCOCC1CCCCO1. The highest BCUT2D eigenvalue weighted by molar-refractivity contribution is 6.17. The Morgan fingerprint density at radius 2 is 2.23 bits per heavy atom. The van der Waals surface area contributed by atoms with E-state index >= 15 is 0 Å². The van der Waals surface area contributed by atoms with Gasteiger partial charge in [0.15, 0.2) is 0 Å². The van der Waals surface area contributed by atoms with Crippen LogP contribution >= 0.6 is 11.6 Å². The van der Waals surface area contributed by atoms with Crippen molar-refractivity contribution in [2.75, 3.05) is 25.7 Å². The third-order valence-electron chi connectivity index (χ3n) is 2.25. The van der Waals surface area contributed by atoms with Crippen molar-refractivity contribution in [2.45, 2.75) is 38.2 Å². The van der Waals surface area contributed by atoms with E-state index in [-0.39, 0.29) is 0 Å². The highest BCUT2D eigenvalue weighted by Gasteiger charge is 2.13. The zero-order valence-electron chi connectivity index (χ0n) is 8.14. The molecule has 78 valence electrons. The van der Waals surface area contributed by atoms with Gasteiger partial charge in [0.05, 0.1) is 12.7 Å². The summed E-state index contributed by atoms with van der Waals surface area (Å²) < 4.78 is 11.0. The van der Waals surface area contributed by atoms with E-state index in [1.54, 1.807) is 0 Å². The highest BCUT2D eigenvalue weighted by Crippen LogP contribution is 2.12. The van der Waals surface area contributed by atoms with Crippen molar-refractivity contribution in [1.29, 1.82) is 0 Å². The van der Waals surface area contributed by atoms with E-state index in [2.05, 4.69) is 0 Å². The van der Waals surface area contributed by atoms with Gasteiger partial charge in [-0.3, -0.25) is 0 Å². The third kappa shape index (κ3) is 5.50. The minimum atomic E-state index is 0.352. The first kappa shape index (κ1) is 11.3. The molecule has 1 aliphatic heterocycles. The molecular formula is C10H19ClO2. The Kier molecular flexibility index (Phi) is 6.60. The van der Waals surface area contributed by atoms with Gasteiger partial charge in [-0.2, -0.15) is 0 Å². The monoisotopic (exact) mass is 206 g/mol. The Morgan fingerprint density at radius 1 is 1.31 bits per heavy atom. The van der Waals surface area contributed by atoms with E-state index < -0.39 is 0 Å². The molecule has 0 amide bonds. The number of alkyl halides is 1. The minimum absolute atomic E-state index is 0.352. The van der Waals surface area contributed by atoms with Gasteiger partial charge in [-0.05, 0) is 32.1 Å². The topological polar surface area (TPSA) is 18.5 Å². The number of hydrogen-bond donors (Lipinski definition) is 0. The molecule has 0 bridgehead atoms. The number of halogens is 1. The molecule has 0 aromatic carbocycles. The van der Waals surface area contributed by atoms with Gasteiger partial charge in [0, 0.05) is 19.1 Å². The van der Waals surface area contributed by atoms with Gasteiger partial charge in [0.25, 0.3) is 0 Å². The summed E-state index contributed by atoms with van der Waals surface area (Å²) in [6, 6.07) is 0. The average Bonchev–Trinajstić information content (AvgIpc) is 2.19. The van der Waals surface area contributed by atoms with Crippen LogP contribution in [0.25, 0.3) is 0 Å².